The molecule has 0 bridgehead atoms. The maximum absolute atomic E-state index is 13.1. The van der Waals surface area contributed by atoms with Gasteiger partial charge in [0.2, 0.25) is 23.6 Å². The lowest BCUT2D eigenvalue weighted by molar-refractivity contribution is -0.136. The van der Waals surface area contributed by atoms with Crippen molar-refractivity contribution >= 4 is 47.2 Å². The first kappa shape index (κ1) is 32.4. The molecule has 0 aromatic heterocycles. The topological polar surface area (TPSA) is 98.8 Å². The van der Waals surface area contributed by atoms with Crippen LogP contribution in [0.3, 0.4) is 0 Å². The molecule has 2 aliphatic heterocycles. The number of nitrogens with zero attached hydrogens (tertiary/aromatic N) is 2. The number of carbonyl (C=O) groups excluding carboxylic acids is 4. The molecule has 8 nitrogen and oxygen atoms in total. The molecule has 0 unspecified atom stereocenters. The maximum atomic E-state index is 13.1. The Morgan fingerprint density at radius 2 is 0.917 bits per heavy atom. The van der Waals surface area contributed by atoms with Crippen molar-refractivity contribution in [2.24, 2.45) is 0 Å². The molecule has 2 aliphatic rings. The molecule has 2 heterocycles. The fraction of sp³-hybridized carbons (Fsp3) is 0.250. The highest BCUT2D eigenvalue weighted by Crippen LogP contribution is 2.23. The Kier molecular flexibility index (Phi) is 10.4. The van der Waals surface area contributed by atoms with E-state index in [0.29, 0.717) is 50.1 Å². The molecule has 2 N–H and O–H groups in total. The van der Waals surface area contributed by atoms with Gasteiger partial charge in [-0.1, -0.05) is 97.1 Å². The second kappa shape index (κ2) is 15.4. The summed E-state index contributed by atoms with van der Waals surface area (Å²) in [5, 5.41) is 5.96. The van der Waals surface area contributed by atoms with Crippen LogP contribution in [0.15, 0.2) is 109 Å². The first-order valence-corrected chi connectivity index (χ1v) is 16.6. The summed E-state index contributed by atoms with van der Waals surface area (Å²) in [6.45, 7) is 1.19. The molecule has 4 amide bonds. The fourth-order valence-electron chi connectivity index (χ4n) is 6.42. The lowest BCUT2D eigenvalue weighted by atomic mass is 10.1. The van der Waals surface area contributed by atoms with Crippen LogP contribution in [0.2, 0.25) is 0 Å². The smallest absolute Gasteiger partial charge is 0.247 e. The maximum Gasteiger partial charge on any atom is 0.247 e. The summed E-state index contributed by atoms with van der Waals surface area (Å²) < 4.78 is 0. The lowest BCUT2D eigenvalue weighted by Gasteiger charge is -2.24. The van der Waals surface area contributed by atoms with E-state index in [1.807, 2.05) is 121 Å². The molecule has 244 valence electrons. The van der Waals surface area contributed by atoms with Crippen molar-refractivity contribution in [3.05, 3.63) is 131 Å². The third-order valence-corrected chi connectivity index (χ3v) is 8.97. The minimum Gasteiger partial charge on any atom is -0.330 e. The molecule has 48 heavy (non-hydrogen) atoms. The monoisotopic (exact) mass is 640 g/mol. The third-order valence-electron chi connectivity index (χ3n) is 8.97. The Morgan fingerprint density at radius 3 is 1.29 bits per heavy atom. The zero-order chi connectivity index (χ0) is 33.3. The van der Waals surface area contributed by atoms with Crippen LogP contribution >= 0.6 is 0 Å². The van der Waals surface area contributed by atoms with E-state index >= 15 is 0 Å². The average molecular weight is 641 g/mol. The Hall–Kier alpha value is -5.50. The SMILES string of the molecule is O=C(Nc1ccc(/C=C/c2ccc(NC(=O)[C@H]3CCCN3C(=O)Cc3ccccc3)cc2)cc1)[C@H]1CCCN1C(=O)Cc1ccccc1. The third kappa shape index (κ3) is 8.25. The number of amides is 4. The van der Waals surface area contributed by atoms with Crippen molar-refractivity contribution in [1.82, 2.24) is 9.80 Å². The summed E-state index contributed by atoms with van der Waals surface area (Å²) in [6, 6.07) is 33.4. The van der Waals surface area contributed by atoms with Gasteiger partial charge in [-0.25, -0.2) is 0 Å². The van der Waals surface area contributed by atoms with Crippen LogP contribution < -0.4 is 10.6 Å². The van der Waals surface area contributed by atoms with Crippen molar-refractivity contribution in [1.29, 1.82) is 0 Å². The van der Waals surface area contributed by atoms with Gasteiger partial charge in [0, 0.05) is 24.5 Å². The van der Waals surface area contributed by atoms with Crippen LogP contribution in [0.25, 0.3) is 12.2 Å². The standard InChI is InChI=1S/C40H40N4O4/c45-37(27-31-9-3-1-4-10-31)43-25-7-13-35(43)39(47)41-33-21-17-29(18-22-33)15-16-30-19-23-34(24-20-30)42-40(48)36-14-8-26-44(36)38(46)28-32-11-5-2-6-12-32/h1-6,9-12,15-24,35-36H,7-8,13-14,25-28H2,(H,41,47)(H,42,48)/b16-15+/t35-,36-/m1/s1. The molecule has 6 rings (SSSR count). The van der Waals surface area contributed by atoms with E-state index in [1.165, 1.54) is 0 Å². The highest BCUT2D eigenvalue weighted by Gasteiger charge is 2.35. The lowest BCUT2D eigenvalue weighted by Crippen LogP contribution is -2.43. The Labute approximate surface area is 281 Å². The summed E-state index contributed by atoms with van der Waals surface area (Å²) in [6.07, 6.45) is 7.48. The number of hydrogen-bond acceptors (Lipinski definition) is 4. The quantitative estimate of drug-likeness (QED) is 0.202. The van der Waals surface area contributed by atoms with Gasteiger partial charge in [-0.15, -0.1) is 0 Å². The first-order valence-electron chi connectivity index (χ1n) is 16.6. The number of rotatable bonds is 10. The van der Waals surface area contributed by atoms with Crippen LogP contribution in [0.1, 0.15) is 47.9 Å². The summed E-state index contributed by atoms with van der Waals surface area (Å²) in [5.41, 5.74) is 5.18. The van der Waals surface area contributed by atoms with Gasteiger partial charge < -0.3 is 20.4 Å². The molecule has 0 radical (unpaired) electrons. The van der Waals surface area contributed by atoms with E-state index in [4.69, 9.17) is 0 Å². The van der Waals surface area contributed by atoms with E-state index in [0.717, 1.165) is 35.1 Å². The molecule has 2 fully saturated rings. The minimum atomic E-state index is -0.465. The van der Waals surface area contributed by atoms with E-state index in [9.17, 15) is 19.2 Å². The van der Waals surface area contributed by atoms with Gasteiger partial charge in [0.1, 0.15) is 12.1 Å². The highest BCUT2D eigenvalue weighted by atomic mass is 16.2. The van der Waals surface area contributed by atoms with Crippen molar-refractivity contribution in [3.8, 4) is 0 Å². The van der Waals surface area contributed by atoms with E-state index < -0.39 is 12.1 Å². The van der Waals surface area contributed by atoms with Crippen LogP contribution in [0.5, 0.6) is 0 Å². The predicted molar refractivity (Wildman–Crippen MR) is 189 cm³/mol. The van der Waals surface area contributed by atoms with Crippen molar-refractivity contribution in [3.63, 3.8) is 0 Å². The van der Waals surface area contributed by atoms with Crippen LogP contribution in [-0.2, 0) is 32.0 Å². The average Bonchev–Trinajstić information content (AvgIpc) is 3.81. The number of benzene rings is 4. The van der Waals surface area contributed by atoms with Gasteiger partial charge in [-0.05, 0) is 72.2 Å². The molecule has 0 saturated carbocycles. The molecular weight excluding hydrogens is 600 g/mol. The normalized spacial score (nSPS) is 17.4. The molecule has 8 heteroatoms. The number of carbonyl (C=O) groups is 4. The molecular formula is C40H40N4O4. The Balaban J connectivity index is 0.985. The molecule has 4 aromatic rings. The van der Waals surface area contributed by atoms with Crippen LogP contribution in [0, 0.1) is 0 Å². The summed E-state index contributed by atoms with van der Waals surface area (Å²) in [4.78, 5) is 55.5. The zero-order valence-electron chi connectivity index (χ0n) is 26.9. The summed E-state index contributed by atoms with van der Waals surface area (Å²) in [5.74, 6) is -0.380. The van der Waals surface area contributed by atoms with Gasteiger partial charge in [0.15, 0.2) is 0 Å². The number of likely N-dealkylation sites (tertiary alicyclic amines) is 2. The highest BCUT2D eigenvalue weighted by molar-refractivity contribution is 5.98. The second-order valence-corrected chi connectivity index (χ2v) is 12.4. The zero-order valence-corrected chi connectivity index (χ0v) is 26.9. The number of anilines is 2. The van der Waals surface area contributed by atoms with E-state index in [2.05, 4.69) is 10.6 Å². The second-order valence-electron chi connectivity index (χ2n) is 12.4. The summed E-state index contributed by atoms with van der Waals surface area (Å²) >= 11 is 0. The van der Waals surface area contributed by atoms with Gasteiger partial charge in [-0.3, -0.25) is 19.2 Å². The van der Waals surface area contributed by atoms with Crippen LogP contribution in [0.4, 0.5) is 11.4 Å². The molecule has 0 spiro atoms. The first-order chi connectivity index (χ1) is 23.4. The summed E-state index contributed by atoms with van der Waals surface area (Å²) in [7, 11) is 0. The van der Waals surface area contributed by atoms with Crippen molar-refractivity contribution in [2.75, 3.05) is 23.7 Å². The largest absolute Gasteiger partial charge is 0.330 e. The van der Waals surface area contributed by atoms with Crippen LogP contribution in [-0.4, -0.2) is 58.6 Å². The van der Waals surface area contributed by atoms with E-state index in [-0.39, 0.29) is 23.6 Å². The molecule has 0 aliphatic carbocycles. The van der Waals surface area contributed by atoms with E-state index in [1.54, 1.807) is 9.80 Å². The minimum absolute atomic E-state index is 0.0266. The molecule has 2 atom stereocenters. The number of hydrogen-bond donors (Lipinski definition) is 2. The Bertz CT molecular complexity index is 1620. The molecule has 2 saturated heterocycles. The van der Waals surface area contributed by atoms with Gasteiger partial charge in [0.05, 0.1) is 12.8 Å². The van der Waals surface area contributed by atoms with Gasteiger partial charge in [0.25, 0.3) is 0 Å². The van der Waals surface area contributed by atoms with Crippen molar-refractivity contribution in [2.45, 2.75) is 50.6 Å². The number of nitrogens with one attached hydrogen (secondary N) is 2. The predicted octanol–water partition coefficient (Wildman–Crippen LogP) is 6.20. The molecule has 4 aromatic carbocycles. The van der Waals surface area contributed by atoms with Gasteiger partial charge >= 0.3 is 0 Å². The fourth-order valence-corrected chi connectivity index (χ4v) is 6.42. The van der Waals surface area contributed by atoms with Crippen molar-refractivity contribution < 1.29 is 19.2 Å². The Morgan fingerprint density at radius 1 is 0.542 bits per heavy atom. The van der Waals surface area contributed by atoms with Gasteiger partial charge in [-0.2, -0.15) is 0 Å².